The topological polar surface area (TPSA) is 66.6 Å². The Morgan fingerprint density at radius 3 is 2.62 bits per heavy atom. The maximum atomic E-state index is 12.3. The van der Waals surface area contributed by atoms with Crippen LogP contribution < -0.4 is 5.73 Å². The van der Waals surface area contributed by atoms with Crippen molar-refractivity contribution in [3.63, 3.8) is 0 Å². The number of amides is 1. The van der Waals surface area contributed by atoms with Gasteiger partial charge in [0.15, 0.2) is 0 Å². The Labute approximate surface area is 97.8 Å². The lowest BCUT2D eigenvalue weighted by Crippen LogP contribution is -2.50. The number of likely N-dealkylation sites (N-methyl/N-ethyl adjacent to an activating group) is 1. The number of carbonyl (C=O) groups is 1. The van der Waals surface area contributed by atoms with Crippen LogP contribution in [0, 0.1) is 11.8 Å². The molecule has 0 saturated heterocycles. The molecule has 1 saturated carbocycles. The smallest absolute Gasteiger partial charge is 0.226 e. The number of hydrogen-bond acceptors (Lipinski definition) is 3. The summed E-state index contributed by atoms with van der Waals surface area (Å²) in [6.45, 7) is 4.31. The Kier molecular flexibility index (Phi) is 4.33. The lowest BCUT2D eigenvalue weighted by atomic mass is 9.92. The van der Waals surface area contributed by atoms with E-state index in [4.69, 9.17) is 5.73 Å². The fourth-order valence-electron chi connectivity index (χ4n) is 2.30. The van der Waals surface area contributed by atoms with Gasteiger partial charge in [0.2, 0.25) is 5.91 Å². The third-order valence-electron chi connectivity index (χ3n) is 3.90. The molecule has 1 amide bonds. The number of nitrogens with two attached hydrogens (primary N) is 1. The molecule has 0 bridgehead atoms. The van der Waals surface area contributed by atoms with Gasteiger partial charge in [0, 0.05) is 13.0 Å². The Hall–Kier alpha value is -0.610. The van der Waals surface area contributed by atoms with Gasteiger partial charge in [-0.15, -0.1) is 0 Å². The van der Waals surface area contributed by atoms with Crippen molar-refractivity contribution in [2.24, 2.45) is 17.6 Å². The maximum Gasteiger partial charge on any atom is 0.226 e. The summed E-state index contributed by atoms with van der Waals surface area (Å²) in [7, 11) is 1.77. The Bertz CT molecular complexity index is 249. The number of aliphatic hydroxyl groups is 1. The third kappa shape index (κ3) is 2.55. The largest absolute Gasteiger partial charge is 0.394 e. The highest BCUT2D eigenvalue weighted by atomic mass is 16.3. The molecule has 0 aliphatic heterocycles. The Morgan fingerprint density at radius 2 is 2.12 bits per heavy atom. The molecule has 1 rings (SSSR count). The number of carbonyl (C=O) groups excluding carboxylic acids is 1. The average molecular weight is 228 g/mol. The zero-order valence-corrected chi connectivity index (χ0v) is 10.6. The third-order valence-corrected chi connectivity index (χ3v) is 3.90. The van der Waals surface area contributed by atoms with Crippen molar-refractivity contribution in [2.75, 3.05) is 20.2 Å². The van der Waals surface area contributed by atoms with E-state index in [-0.39, 0.29) is 18.4 Å². The summed E-state index contributed by atoms with van der Waals surface area (Å²) in [6.07, 6.45) is 3.08. The van der Waals surface area contributed by atoms with Crippen molar-refractivity contribution in [3.8, 4) is 0 Å². The molecule has 4 nitrogen and oxygen atoms in total. The van der Waals surface area contributed by atoms with E-state index in [9.17, 15) is 9.90 Å². The van der Waals surface area contributed by atoms with E-state index in [1.807, 2.05) is 13.8 Å². The summed E-state index contributed by atoms with van der Waals surface area (Å²) in [5.74, 6) is 0.511. The van der Waals surface area contributed by atoms with Crippen molar-refractivity contribution in [2.45, 2.75) is 38.6 Å². The van der Waals surface area contributed by atoms with Gasteiger partial charge in [-0.05, 0) is 39.2 Å². The van der Waals surface area contributed by atoms with Gasteiger partial charge >= 0.3 is 0 Å². The lowest BCUT2D eigenvalue weighted by molar-refractivity contribution is -0.141. The summed E-state index contributed by atoms with van der Waals surface area (Å²) >= 11 is 0. The quantitative estimate of drug-likeness (QED) is 0.740. The highest BCUT2D eigenvalue weighted by Gasteiger charge is 2.37. The molecule has 0 heterocycles. The number of aliphatic hydroxyl groups excluding tert-OH is 1. The molecule has 1 aliphatic rings. The molecule has 2 atom stereocenters. The molecule has 16 heavy (non-hydrogen) atoms. The first-order valence-corrected chi connectivity index (χ1v) is 6.02. The first kappa shape index (κ1) is 13.5. The Morgan fingerprint density at radius 1 is 1.50 bits per heavy atom. The molecule has 94 valence electrons. The second-order valence-electron chi connectivity index (χ2n) is 5.40. The second kappa shape index (κ2) is 5.15. The number of rotatable bonds is 4. The highest BCUT2D eigenvalue weighted by molar-refractivity contribution is 5.80. The normalized spacial score (nSPS) is 25.8. The summed E-state index contributed by atoms with van der Waals surface area (Å²) in [5, 5.41) is 9.26. The number of nitrogens with zero attached hydrogens (tertiary/aromatic N) is 1. The molecule has 0 radical (unpaired) electrons. The van der Waals surface area contributed by atoms with Gasteiger partial charge in [0.25, 0.3) is 0 Å². The van der Waals surface area contributed by atoms with E-state index >= 15 is 0 Å². The van der Waals surface area contributed by atoms with Crippen LogP contribution in [0.25, 0.3) is 0 Å². The molecular weight excluding hydrogens is 204 g/mol. The standard InChI is InChI=1S/C12H24N2O2/c1-12(2,8-15)14(3)11(16)10-6-4-5-9(10)7-13/h9-10,15H,4-8,13H2,1-3H3. The molecule has 1 aliphatic carbocycles. The molecule has 1 fully saturated rings. The van der Waals surface area contributed by atoms with Crippen LogP contribution in [0.5, 0.6) is 0 Å². The van der Waals surface area contributed by atoms with Crippen LogP contribution in [0.3, 0.4) is 0 Å². The van der Waals surface area contributed by atoms with E-state index in [0.29, 0.717) is 12.5 Å². The summed E-state index contributed by atoms with van der Waals surface area (Å²) < 4.78 is 0. The minimum absolute atomic E-state index is 0.0186. The van der Waals surface area contributed by atoms with Crippen molar-refractivity contribution < 1.29 is 9.90 Å². The zero-order valence-electron chi connectivity index (χ0n) is 10.6. The molecule has 0 spiro atoms. The minimum atomic E-state index is -0.487. The van der Waals surface area contributed by atoms with Gasteiger partial charge in [-0.1, -0.05) is 6.42 Å². The molecule has 4 heteroatoms. The van der Waals surface area contributed by atoms with Crippen molar-refractivity contribution >= 4 is 5.91 Å². The fraction of sp³-hybridized carbons (Fsp3) is 0.917. The summed E-state index contributed by atoms with van der Waals surface area (Å²) in [4.78, 5) is 14.0. The Balaban J connectivity index is 2.70. The van der Waals surface area contributed by atoms with Gasteiger partial charge in [-0.2, -0.15) is 0 Å². The van der Waals surface area contributed by atoms with Crippen LogP contribution in [0.4, 0.5) is 0 Å². The van der Waals surface area contributed by atoms with Crippen molar-refractivity contribution in [1.29, 1.82) is 0 Å². The summed E-state index contributed by atoms with van der Waals surface area (Å²) in [5.41, 5.74) is 5.20. The van der Waals surface area contributed by atoms with Crippen LogP contribution >= 0.6 is 0 Å². The second-order valence-corrected chi connectivity index (χ2v) is 5.40. The van der Waals surface area contributed by atoms with E-state index in [0.717, 1.165) is 19.3 Å². The highest BCUT2D eigenvalue weighted by Crippen LogP contribution is 2.33. The lowest BCUT2D eigenvalue weighted by Gasteiger charge is -2.36. The van der Waals surface area contributed by atoms with Crippen molar-refractivity contribution in [3.05, 3.63) is 0 Å². The zero-order chi connectivity index (χ0) is 12.3. The molecule has 2 unspecified atom stereocenters. The predicted octanol–water partition coefficient (Wildman–Crippen LogP) is 0.591. The predicted molar refractivity (Wildman–Crippen MR) is 63.8 cm³/mol. The van der Waals surface area contributed by atoms with Crippen LogP contribution in [0.15, 0.2) is 0 Å². The SMILES string of the molecule is CN(C(=O)C1CCCC1CN)C(C)(C)CO. The van der Waals surface area contributed by atoms with Crippen LogP contribution in [-0.2, 0) is 4.79 Å². The van der Waals surface area contributed by atoms with Gasteiger partial charge in [0.05, 0.1) is 12.1 Å². The van der Waals surface area contributed by atoms with Crippen molar-refractivity contribution in [1.82, 2.24) is 4.90 Å². The van der Waals surface area contributed by atoms with E-state index in [2.05, 4.69) is 0 Å². The van der Waals surface area contributed by atoms with Crippen LogP contribution in [0.1, 0.15) is 33.1 Å². The van der Waals surface area contributed by atoms with Gasteiger partial charge in [0.1, 0.15) is 0 Å². The van der Waals surface area contributed by atoms with E-state index in [1.165, 1.54) is 0 Å². The minimum Gasteiger partial charge on any atom is -0.394 e. The molecule has 0 aromatic carbocycles. The fourth-order valence-corrected chi connectivity index (χ4v) is 2.30. The van der Waals surface area contributed by atoms with E-state index in [1.54, 1.807) is 11.9 Å². The van der Waals surface area contributed by atoms with Crippen LogP contribution in [-0.4, -0.2) is 41.7 Å². The average Bonchev–Trinajstić information content (AvgIpc) is 2.74. The first-order chi connectivity index (χ1) is 7.44. The van der Waals surface area contributed by atoms with E-state index < -0.39 is 5.54 Å². The summed E-state index contributed by atoms with van der Waals surface area (Å²) in [6, 6.07) is 0. The van der Waals surface area contributed by atoms with Crippen LogP contribution in [0.2, 0.25) is 0 Å². The molecule has 3 N–H and O–H groups in total. The van der Waals surface area contributed by atoms with Gasteiger partial charge in [-0.25, -0.2) is 0 Å². The maximum absolute atomic E-state index is 12.3. The molecule has 0 aromatic heterocycles. The monoisotopic (exact) mass is 228 g/mol. The first-order valence-electron chi connectivity index (χ1n) is 6.02. The molecular formula is C12H24N2O2. The van der Waals surface area contributed by atoms with Gasteiger partial charge < -0.3 is 15.7 Å². The van der Waals surface area contributed by atoms with Gasteiger partial charge in [-0.3, -0.25) is 4.79 Å². The molecule has 0 aromatic rings. The number of hydrogen-bond donors (Lipinski definition) is 2.